The van der Waals surface area contributed by atoms with Gasteiger partial charge in [-0.2, -0.15) is 0 Å². The number of benzene rings is 1. The molecule has 1 saturated heterocycles. The molecule has 0 spiro atoms. The monoisotopic (exact) mass is 446 g/mol. The maximum atomic E-state index is 14.0. The third-order valence-corrected chi connectivity index (χ3v) is 11.8. The number of rotatable bonds is 12. The van der Waals surface area contributed by atoms with Gasteiger partial charge in [0, 0.05) is 8.80 Å². The van der Waals surface area contributed by atoms with E-state index in [1.165, 1.54) is 64.2 Å². The molecule has 1 heterocycles. The summed E-state index contributed by atoms with van der Waals surface area (Å²) in [6.07, 6.45) is 18.3. The van der Waals surface area contributed by atoms with Crippen molar-refractivity contribution in [3.8, 4) is 5.75 Å². The lowest BCUT2D eigenvalue weighted by atomic mass is 9.73. The van der Waals surface area contributed by atoms with Crippen LogP contribution in [0.15, 0.2) is 18.2 Å². The fourth-order valence-electron chi connectivity index (χ4n) is 6.31. The zero-order valence-corrected chi connectivity index (χ0v) is 21.5. The van der Waals surface area contributed by atoms with Crippen molar-refractivity contribution < 1.29 is 9.13 Å². The van der Waals surface area contributed by atoms with Crippen molar-refractivity contribution in [2.24, 2.45) is 17.8 Å². The molecule has 0 radical (unpaired) electrons. The average molecular weight is 447 g/mol. The molecular weight excluding hydrogens is 399 g/mol. The number of ether oxygens (including phenoxy) is 1. The van der Waals surface area contributed by atoms with Crippen LogP contribution in [0.2, 0.25) is 18.1 Å². The molecule has 0 N–H and O–H groups in total. The number of hydrogen-bond acceptors (Lipinski definition) is 1. The Hall–Kier alpha value is -0.833. The SMILES string of the molecule is CCCCC[Si@H]1CC[C@H]([C@H]2CC[C@H](CCCCc3ccc(OCC)c(F)c3)CC2)CC1. The predicted molar refractivity (Wildman–Crippen MR) is 134 cm³/mol. The molecule has 2 aliphatic rings. The summed E-state index contributed by atoms with van der Waals surface area (Å²) in [5.41, 5.74) is 1.11. The lowest BCUT2D eigenvalue weighted by Crippen LogP contribution is -2.28. The molecule has 1 saturated carbocycles. The summed E-state index contributed by atoms with van der Waals surface area (Å²) in [4.78, 5) is 0. The van der Waals surface area contributed by atoms with Crippen LogP contribution >= 0.6 is 0 Å². The van der Waals surface area contributed by atoms with Crippen LogP contribution in [-0.2, 0) is 6.42 Å². The molecule has 0 amide bonds. The minimum atomic E-state index is -0.349. The Kier molecular flexibility index (Phi) is 10.9. The topological polar surface area (TPSA) is 9.23 Å². The van der Waals surface area contributed by atoms with Crippen molar-refractivity contribution >= 4 is 8.80 Å². The van der Waals surface area contributed by atoms with Gasteiger partial charge in [0.2, 0.25) is 0 Å². The molecular formula is C28H47FOSi. The van der Waals surface area contributed by atoms with Crippen LogP contribution in [-0.4, -0.2) is 15.4 Å². The van der Waals surface area contributed by atoms with Crippen molar-refractivity contribution in [1.82, 2.24) is 0 Å². The Morgan fingerprint density at radius 1 is 0.903 bits per heavy atom. The Morgan fingerprint density at radius 3 is 2.32 bits per heavy atom. The third kappa shape index (κ3) is 8.22. The summed E-state index contributed by atoms with van der Waals surface area (Å²) in [7, 11) is -0.349. The van der Waals surface area contributed by atoms with Gasteiger partial charge in [-0.15, -0.1) is 0 Å². The highest BCUT2D eigenvalue weighted by atomic mass is 28.3. The lowest BCUT2D eigenvalue weighted by molar-refractivity contribution is 0.184. The standard InChI is InChI=1S/C28H47FOSi/c1-3-5-8-19-31-20-17-26(18-21-31)25-14-11-23(12-15-25)9-6-7-10-24-13-16-28(30-4-2)27(29)22-24/h13,16,22-23,25-26,31H,3-12,14-15,17-21H2,1-2H3/t23-,25-,26-,31-. The summed E-state index contributed by atoms with van der Waals surface area (Å²) in [6, 6.07) is 10.4. The first-order chi connectivity index (χ1) is 15.2. The first-order valence-corrected chi connectivity index (χ1v) is 16.1. The maximum Gasteiger partial charge on any atom is 0.165 e. The van der Waals surface area contributed by atoms with Gasteiger partial charge >= 0.3 is 0 Å². The fraction of sp³-hybridized carbons (Fsp3) is 0.786. The zero-order chi connectivity index (χ0) is 21.9. The van der Waals surface area contributed by atoms with E-state index in [0.717, 1.165) is 29.7 Å². The van der Waals surface area contributed by atoms with Gasteiger partial charge in [-0.3, -0.25) is 0 Å². The van der Waals surface area contributed by atoms with E-state index in [-0.39, 0.29) is 14.6 Å². The van der Waals surface area contributed by atoms with Crippen molar-refractivity contribution in [3.05, 3.63) is 29.6 Å². The molecule has 1 aromatic rings. The van der Waals surface area contributed by atoms with Crippen LogP contribution in [0.25, 0.3) is 0 Å². The molecule has 176 valence electrons. The molecule has 3 heteroatoms. The van der Waals surface area contributed by atoms with E-state index in [4.69, 9.17) is 4.74 Å². The molecule has 0 unspecified atom stereocenters. The Labute approximate surface area is 193 Å². The van der Waals surface area contributed by atoms with Crippen LogP contribution in [0.1, 0.15) is 96.5 Å². The number of unbranched alkanes of at least 4 members (excludes halogenated alkanes) is 3. The minimum absolute atomic E-state index is 0.213. The highest BCUT2D eigenvalue weighted by Gasteiger charge is 2.30. The van der Waals surface area contributed by atoms with E-state index in [2.05, 4.69) is 6.92 Å². The summed E-state index contributed by atoms with van der Waals surface area (Å²) < 4.78 is 19.3. The van der Waals surface area contributed by atoms with E-state index in [1.54, 1.807) is 43.1 Å². The smallest absolute Gasteiger partial charge is 0.165 e. The van der Waals surface area contributed by atoms with Gasteiger partial charge in [-0.05, 0) is 68.1 Å². The molecule has 31 heavy (non-hydrogen) atoms. The van der Waals surface area contributed by atoms with E-state index >= 15 is 0 Å². The largest absolute Gasteiger partial charge is 0.491 e. The van der Waals surface area contributed by atoms with Gasteiger partial charge in [0.1, 0.15) is 0 Å². The molecule has 2 fully saturated rings. The number of aryl methyl sites for hydroxylation is 1. The summed E-state index contributed by atoms with van der Waals surface area (Å²) in [6.45, 7) is 4.74. The molecule has 0 bridgehead atoms. The molecule has 1 nitrogen and oxygen atoms in total. The second kappa shape index (κ2) is 13.7. The van der Waals surface area contributed by atoms with Crippen LogP contribution in [0.3, 0.4) is 0 Å². The second-order valence-electron chi connectivity index (χ2n) is 10.5. The average Bonchev–Trinajstić information content (AvgIpc) is 2.80. The van der Waals surface area contributed by atoms with Crippen LogP contribution < -0.4 is 4.74 Å². The molecule has 0 aromatic heterocycles. The van der Waals surface area contributed by atoms with Gasteiger partial charge in [0.25, 0.3) is 0 Å². The zero-order valence-electron chi connectivity index (χ0n) is 20.3. The normalized spacial score (nSPS) is 26.7. The van der Waals surface area contributed by atoms with Crippen LogP contribution in [0.4, 0.5) is 4.39 Å². The third-order valence-electron chi connectivity index (χ3n) is 8.29. The molecule has 1 aliphatic heterocycles. The molecule has 1 aliphatic carbocycles. The highest BCUT2D eigenvalue weighted by Crippen LogP contribution is 2.42. The first kappa shape index (κ1) is 24.8. The van der Waals surface area contributed by atoms with E-state index in [1.807, 2.05) is 13.0 Å². The van der Waals surface area contributed by atoms with Gasteiger partial charge in [0.05, 0.1) is 6.61 Å². The molecule has 1 aromatic carbocycles. The van der Waals surface area contributed by atoms with E-state index in [0.29, 0.717) is 12.4 Å². The molecule has 3 rings (SSSR count). The van der Waals surface area contributed by atoms with Gasteiger partial charge < -0.3 is 4.74 Å². The fourth-order valence-corrected chi connectivity index (χ4v) is 9.85. The Bertz CT molecular complexity index is 617. The maximum absolute atomic E-state index is 14.0. The van der Waals surface area contributed by atoms with Gasteiger partial charge in [-0.25, -0.2) is 4.39 Å². The number of halogens is 1. The second-order valence-corrected chi connectivity index (χ2v) is 14.0. The van der Waals surface area contributed by atoms with E-state index < -0.39 is 0 Å². The van der Waals surface area contributed by atoms with Crippen molar-refractivity contribution in [2.45, 2.75) is 115 Å². The van der Waals surface area contributed by atoms with Crippen molar-refractivity contribution in [2.75, 3.05) is 6.61 Å². The quantitative estimate of drug-likeness (QED) is 0.231. The predicted octanol–water partition coefficient (Wildman–Crippen LogP) is 8.57. The summed E-state index contributed by atoms with van der Waals surface area (Å²) >= 11 is 0. The van der Waals surface area contributed by atoms with Crippen molar-refractivity contribution in [3.63, 3.8) is 0 Å². The Balaban J connectivity index is 1.27. The first-order valence-electron chi connectivity index (χ1n) is 13.6. The lowest BCUT2D eigenvalue weighted by Gasteiger charge is -2.37. The number of hydrogen-bond donors (Lipinski definition) is 0. The highest BCUT2D eigenvalue weighted by molar-refractivity contribution is 6.58. The summed E-state index contributed by atoms with van der Waals surface area (Å²) in [5, 5.41) is 0. The molecule has 0 atom stereocenters. The van der Waals surface area contributed by atoms with Crippen molar-refractivity contribution in [1.29, 1.82) is 0 Å². The van der Waals surface area contributed by atoms with Crippen LogP contribution in [0, 0.1) is 23.6 Å². The van der Waals surface area contributed by atoms with Gasteiger partial charge in [0.15, 0.2) is 11.6 Å². The van der Waals surface area contributed by atoms with E-state index in [9.17, 15) is 4.39 Å². The van der Waals surface area contributed by atoms with Gasteiger partial charge in [-0.1, -0.05) is 88.9 Å². The Morgan fingerprint density at radius 2 is 1.65 bits per heavy atom. The van der Waals surface area contributed by atoms with Crippen LogP contribution in [0.5, 0.6) is 5.75 Å². The minimum Gasteiger partial charge on any atom is -0.491 e. The summed E-state index contributed by atoms with van der Waals surface area (Å²) in [5.74, 6) is 3.25.